The molecule has 17 heavy (non-hydrogen) atoms. The van der Waals surface area contributed by atoms with Gasteiger partial charge in [0.05, 0.1) is 13.3 Å². The molecule has 0 amide bonds. The SMILES string of the molecule is [C-]#[N+]C(C#N)C(C)(C(=O)OC)c1ncc(C)o1. The Bertz CT molecular complexity index is 495. The first-order chi connectivity index (χ1) is 8.00. The average Bonchev–Trinajstić information content (AvgIpc) is 2.76. The van der Waals surface area contributed by atoms with Gasteiger partial charge in [-0.1, -0.05) is 0 Å². The minimum absolute atomic E-state index is 0.0180. The van der Waals surface area contributed by atoms with E-state index in [1.54, 1.807) is 13.0 Å². The first-order valence-corrected chi connectivity index (χ1v) is 4.78. The number of aryl methyl sites for hydroxylation is 1. The van der Waals surface area contributed by atoms with Crippen molar-refractivity contribution in [3.8, 4) is 6.07 Å². The molecular formula is C11H11N3O3. The summed E-state index contributed by atoms with van der Waals surface area (Å²) in [5.41, 5.74) is -1.51. The van der Waals surface area contributed by atoms with Crippen molar-refractivity contribution in [2.45, 2.75) is 25.3 Å². The van der Waals surface area contributed by atoms with Crippen molar-refractivity contribution in [2.75, 3.05) is 7.11 Å². The molecule has 0 radical (unpaired) electrons. The topological polar surface area (TPSA) is 80.5 Å². The van der Waals surface area contributed by atoms with Crippen LogP contribution in [0, 0.1) is 24.8 Å². The fourth-order valence-electron chi connectivity index (χ4n) is 1.41. The van der Waals surface area contributed by atoms with Crippen molar-refractivity contribution >= 4 is 5.97 Å². The van der Waals surface area contributed by atoms with Crippen LogP contribution in [0.4, 0.5) is 0 Å². The second-order valence-corrected chi connectivity index (χ2v) is 3.63. The molecule has 0 aliphatic heterocycles. The largest absolute Gasteiger partial charge is 0.468 e. The van der Waals surface area contributed by atoms with E-state index in [-0.39, 0.29) is 5.89 Å². The third kappa shape index (κ3) is 1.98. The van der Waals surface area contributed by atoms with E-state index < -0.39 is 17.4 Å². The molecule has 0 fully saturated rings. The highest BCUT2D eigenvalue weighted by atomic mass is 16.5. The van der Waals surface area contributed by atoms with Crippen LogP contribution in [0.2, 0.25) is 0 Å². The molecule has 0 aromatic carbocycles. The van der Waals surface area contributed by atoms with Gasteiger partial charge in [-0.15, -0.1) is 0 Å². The highest BCUT2D eigenvalue weighted by Crippen LogP contribution is 2.30. The first-order valence-electron chi connectivity index (χ1n) is 4.78. The van der Waals surface area contributed by atoms with Gasteiger partial charge in [0, 0.05) is 0 Å². The summed E-state index contributed by atoms with van der Waals surface area (Å²) in [5.74, 6) is -0.205. The second-order valence-electron chi connectivity index (χ2n) is 3.63. The summed E-state index contributed by atoms with van der Waals surface area (Å²) in [7, 11) is 1.19. The van der Waals surface area contributed by atoms with E-state index in [4.69, 9.17) is 16.3 Å². The molecule has 0 spiro atoms. The molecule has 1 aromatic rings. The summed E-state index contributed by atoms with van der Waals surface area (Å²) in [5, 5.41) is 8.93. The summed E-state index contributed by atoms with van der Waals surface area (Å²) in [6.07, 6.45) is 1.43. The predicted octanol–water partition coefficient (Wildman–Crippen LogP) is 1.23. The number of carbonyl (C=O) groups is 1. The van der Waals surface area contributed by atoms with Gasteiger partial charge in [-0.3, -0.25) is 9.64 Å². The Morgan fingerprint density at radius 3 is 2.82 bits per heavy atom. The Labute approximate surface area is 98.6 Å². The lowest BCUT2D eigenvalue weighted by molar-refractivity contribution is -0.147. The Morgan fingerprint density at radius 2 is 2.47 bits per heavy atom. The van der Waals surface area contributed by atoms with Gasteiger partial charge in [-0.2, -0.15) is 5.26 Å². The van der Waals surface area contributed by atoms with Gasteiger partial charge in [0.1, 0.15) is 5.76 Å². The van der Waals surface area contributed by atoms with Crippen LogP contribution in [0.3, 0.4) is 0 Å². The van der Waals surface area contributed by atoms with Gasteiger partial charge in [-0.25, -0.2) is 11.6 Å². The number of aromatic nitrogens is 1. The number of oxazole rings is 1. The van der Waals surface area contributed by atoms with Gasteiger partial charge in [0.25, 0.3) is 0 Å². The molecule has 88 valence electrons. The van der Waals surface area contributed by atoms with Crippen LogP contribution < -0.4 is 0 Å². The van der Waals surface area contributed by atoms with Crippen molar-refractivity contribution in [1.82, 2.24) is 4.98 Å². The number of nitriles is 1. The van der Waals surface area contributed by atoms with E-state index in [9.17, 15) is 4.79 Å². The molecule has 0 aliphatic rings. The lowest BCUT2D eigenvalue weighted by Crippen LogP contribution is -2.43. The minimum Gasteiger partial charge on any atom is -0.468 e. The highest BCUT2D eigenvalue weighted by Gasteiger charge is 2.53. The molecule has 0 bridgehead atoms. The third-order valence-electron chi connectivity index (χ3n) is 2.47. The fourth-order valence-corrected chi connectivity index (χ4v) is 1.41. The van der Waals surface area contributed by atoms with Crippen LogP contribution in [-0.4, -0.2) is 24.1 Å². The zero-order valence-corrected chi connectivity index (χ0v) is 9.72. The molecule has 0 aliphatic carbocycles. The lowest BCUT2D eigenvalue weighted by Gasteiger charge is -2.20. The summed E-state index contributed by atoms with van der Waals surface area (Å²) in [6, 6.07) is 0.518. The van der Waals surface area contributed by atoms with Crippen LogP contribution in [-0.2, 0) is 14.9 Å². The van der Waals surface area contributed by atoms with Gasteiger partial charge >= 0.3 is 12.0 Å². The number of methoxy groups -OCH3 is 1. The summed E-state index contributed by atoms with van der Waals surface area (Å²) >= 11 is 0. The third-order valence-corrected chi connectivity index (χ3v) is 2.47. The fraction of sp³-hybridized carbons (Fsp3) is 0.455. The zero-order valence-electron chi connectivity index (χ0n) is 9.72. The van der Waals surface area contributed by atoms with E-state index >= 15 is 0 Å². The quantitative estimate of drug-likeness (QED) is 0.579. The van der Waals surface area contributed by atoms with E-state index in [2.05, 4.69) is 14.6 Å². The van der Waals surface area contributed by atoms with Crippen molar-refractivity contribution in [3.05, 3.63) is 29.3 Å². The maximum atomic E-state index is 11.8. The number of rotatable bonds is 3. The van der Waals surface area contributed by atoms with Crippen LogP contribution >= 0.6 is 0 Å². The molecule has 6 heteroatoms. The lowest BCUT2D eigenvalue weighted by atomic mass is 9.83. The molecular weight excluding hydrogens is 222 g/mol. The van der Waals surface area contributed by atoms with E-state index in [0.717, 1.165) is 0 Å². The Kier molecular flexibility index (Phi) is 3.49. The van der Waals surface area contributed by atoms with E-state index in [1.165, 1.54) is 20.2 Å². The maximum absolute atomic E-state index is 11.8. The molecule has 0 saturated heterocycles. The zero-order chi connectivity index (χ0) is 13.1. The molecule has 6 nitrogen and oxygen atoms in total. The predicted molar refractivity (Wildman–Crippen MR) is 56.6 cm³/mol. The number of ether oxygens (including phenoxy) is 1. The molecule has 0 saturated carbocycles. The number of nitrogens with zero attached hydrogens (tertiary/aromatic N) is 3. The Hall–Kier alpha value is -2.34. The number of esters is 1. The molecule has 1 rings (SSSR count). The Morgan fingerprint density at radius 1 is 1.82 bits per heavy atom. The normalized spacial score (nSPS) is 15.1. The number of carbonyl (C=O) groups excluding carboxylic acids is 1. The maximum Gasteiger partial charge on any atom is 0.331 e. The highest BCUT2D eigenvalue weighted by molar-refractivity contribution is 5.83. The summed E-state index contributed by atoms with van der Waals surface area (Å²) < 4.78 is 9.88. The van der Waals surface area contributed by atoms with Crippen LogP contribution in [0.25, 0.3) is 4.85 Å². The van der Waals surface area contributed by atoms with E-state index in [1.807, 2.05) is 0 Å². The van der Waals surface area contributed by atoms with Gasteiger partial charge in [-0.05, 0) is 13.8 Å². The van der Waals surface area contributed by atoms with E-state index in [0.29, 0.717) is 5.76 Å². The van der Waals surface area contributed by atoms with Crippen molar-refractivity contribution in [3.63, 3.8) is 0 Å². The monoisotopic (exact) mass is 233 g/mol. The number of hydrogen-bond donors (Lipinski definition) is 0. The average molecular weight is 233 g/mol. The smallest absolute Gasteiger partial charge is 0.331 e. The molecule has 0 N–H and O–H groups in total. The molecule has 1 aromatic heterocycles. The first kappa shape index (κ1) is 12.7. The van der Waals surface area contributed by atoms with Crippen molar-refractivity contribution in [1.29, 1.82) is 5.26 Å². The number of hydrogen-bond acceptors (Lipinski definition) is 5. The second kappa shape index (κ2) is 4.67. The van der Waals surface area contributed by atoms with Crippen LogP contribution in [0.5, 0.6) is 0 Å². The van der Waals surface area contributed by atoms with Crippen molar-refractivity contribution in [2.24, 2.45) is 0 Å². The Balaban J connectivity index is 3.36. The molecule has 1 heterocycles. The van der Waals surface area contributed by atoms with Gasteiger partial charge in [0.15, 0.2) is 6.07 Å². The molecule has 2 atom stereocenters. The van der Waals surface area contributed by atoms with Gasteiger partial charge < -0.3 is 9.15 Å². The standard InChI is InChI=1S/C11H11N3O3/c1-7-6-14-9(17-7)11(2,10(15)16-4)8(5-12)13-3/h6,8H,1-2,4H3. The summed E-state index contributed by atoms with van der Waals surface area (Å²) in [6.45, 7) is 10.0. The van der Waals surface area contributed by atoms with Crippen LogP contribution in [0.1, 0.15) is 18.6 Å². The van der Waals surface area contributed by atoms with Gasteiger partial charge in [0.2, 0.25) is 11.3 Å². The van der Waals surface area contributed by atoms with Crippen molar-refractivity contribution < 1.29 is 13.9 Å². The summed E-state index contributed by atoms with van der Waals surface area (Å²) in [4.78, 5) is 18.8. The minimum atomic E-state index is -1.51. The molecule has 2 unspecified atom stereocenters. The van der Waals surface area contributed by atoms with Crippen LogP contribution in [0.15, 0.2) is 10.6 Å².